The van der Waals surface area contributed by atoms with E-state index in [9.17, 15) is 13.6 Å². The third kappa shape index (κ3) is 5.41. The summed E-state index contributed by atoms with van der Waals surface area (Å²) in [5, 5.41) is 15.8. The quantitative estimate of drug-likeness (QED) is 0.486. The largest absolute Gasteiger partial charge is 0.434 e. The van der Waals surface area contributed by atoms with Crippen LogP contribution in [0.5, 0.6) is 5.75 Å². The molecule has 0 fully saturated rings. The minimum atomic E-state index is -2.89. The molecule has 0 bridgehead atoms. The fourth-order valence-corrected chi connectivity index (χ4v) is 2.69. The van der Waals surface area contributed by atoms with Crippen LogP contribution in [-0.2, 0) is 11.3 Å². The lowest BCUT2D eigenvalue weighted by Crippen LogP contribution is -2.24. The highest BCUT2D eigenvalue weighted by molar-refractivity contribution is 5.83. The third-order valence-electron chi connectivity index (χ3n) is 3.86. The summed E-state index contributed by atoms with van der Waals surface area (Å²) in [6.45, 7) is 0.262. The molecule has 29 heavy (non-hydrogen) atoms. The molecule has 0 saturated heterocycles. The number of aryl methyl sites for hydroxylation is 2. The van der Waals surface area contributed by atoms with E-state index in [1.54, 1.807) is 26.0 Å². The van der Waals surface area contributed by atoms with Gasteiger partial charge in [-0.25, -0.2) is 5.43 Å². The van der Waals surface area contributed by atoms with Crippen LogP contribution >= 0.6 is 0 Å². The van der Waals surface area contributed by atoms with Gasteiger partial charge in [-0.15, -0.1) is 10.2 Å². The second-order valence-electron chi connectivity index (χ2n) is 6.16. The number of carbonyl (C=O) groups excluding carboxylic acids is 1. The number of halogens is 2. The molecule has 0 spiro atoms. The average molecular weight is 400 g/mol. The monoisotopic (exact) mass is 400 g/mol. The Morgan fingerprint density at radius 2 is 1.93 bits per heavy atom. The molecule has 0 atom stereocenters. The van der Waals surface area contributed by atoms with Gasteiger partial charge >= 0.3 is 6.61 Å². The van der Waals surface area contributed by atoms with E-state index >= 15 is 0 Å². The van der Waals surface area contributed by atoms with Crippen molar-refractivity contribution < 1.29 is 18.3 Å². The first-order valence-electron chi connectivity index (χ1n) is 8.63. The van der Waals surface area contributed by atoms with Gasteiger partial charge in [-0.05, 0) is 47.9 Å². The fourth-order valence-electron chi connectivity index (χ4n) is 2.69. The Balaban J connectivity index is 1.58. The summed E-state index contributed by atoms with van der Waals surface area (Å²) < 4.78 is 29.4. The van der Waals surface area contributed by atoms with Gasteiger partial charge in [0.05, 0.1) is 6.21 Å². The Kier molecular flexibility index (Phi) is 6.22. The van der Waals surface area contributed by atoms with Crippen LogP contribution in [-0.4, -0.2) is 38.9 Å². The van der Waals surface area contributed by atoms with Crippen molar-refractivity contribution in [1.29, 1.82) is 0 Å². The Morgan fingerprint density at radius 1 is 1.24 bits per heavy atom. The summed E-state index contributed by atoms with van der Waals surface area (Å²) in [6.07, 6.45) is 1.41. The smallest absolute Gasteiger partial charge is 0.387 e. The van der Waals surface area contributed by atoms with Gasteiger partial charge < -0.3 is 4.74 Å². The Morgan fingerprint density at radius 3 is 2.59 bits per heavy atom. The van der Waals surface area contributed by atoms with Gasteiger partial charge in [0.1, 0.15) is 12.3 Å². The molecule has 1 aromatic heterocycles. The number of nitrogens with one attached hydrogen (secondary N) is 1. The summed E-state index contributed by atoms with van der Waals surface area (Å²) in [6, 6.07) is 12.5. The third-order valence-corrected chi connectivity index (χ3v) is 3.86. The van der Waals surface area contributed by atoms with Gasteiger partial charge in [0.15, 0.2) is 0 Å². The zero-order valence-corrected chi connectivity index (χ0v) is 15.7. The van der Waals surface area contributed by atoms with Gasteiger partial charge in [-0.2, -0.15) is 18.7 Å². The van der Waals surface area contributed by atoms with Crippen LogP contribution in [0, 0.1) is 13.8 Å². The van der Waals surface area contributed by atoms with Gasteiger partial charge in [0, 0.05) is 5.56 Å². The minimum absolute atomic E-state index is 0.132. The van der Waals surface area contributed by atoms with E-state index in [0.29, 0.717) is 22.5 Å². The van der Waals surface area contributed by atoms with Crippen LogP contribution in [0.1, 0.15) is 16.7 Å². The molecule has 2 aromatic carbocycles. The average Bonchev–Trinajstić information content (AvgIpc) is 3.14. The second kappa shape index (κ2) is 9.00. The Hall–Kier alpha value is -3.69. The molecule has 0 saturated carbocycles. The number of hydrazone groups is 1. The van der Waals surface area contributed by atoms with Crippen molar-refractivity contribution in [3.8, 4) is 17.1 Å². The molecule has 0 aliphatic heterocycles. The lowest BCUT2D eigenvalue weighted by atomic mass is 10.1. The summed E-state index contributed by atoms with van der Waals surface area (Å²) in [4.78, 5) is 13.2. The van der Waals surface area contributed by atoms with Gasteiger partial charge in [-0.3, -0.25) is 4.79 Å². The molecule has 0 aliphatic rings. The molecule has 0 radical (unpaired) electrons. The summed E-state index contributed by atoms with van der Waals surface area (Å²) in [7, 11) is 0. The molecule has 150 valence electrons. The van der Waals surface area contributed by atoms with E-state index in [2.05, 4.69) is 30.7 Å². The van der Waals surface area contributed by atoms with E-state index in [4.69, 9.17) is 0 Å². The van der Waals surface area contributed by atoms with Crippen molar-refractivity contribution in [1.82, 2.24) is 25.6 Å². The molecule has 1 amide bonds. The number of rotatable bonds is 7. The van der Waals surface area contributed by atoms with Gasteiger partial charge in [0.25, 0.3) is 5.91 Å². The maximum atomic E-state index is 12.4. The summed E-state index contributed by atoms with van der Waals surface area (Å²) in [5.74, 6) is 0.107. The number of ether oxygens (including phenoxy) is 1. The van der Waals surface area contributed by atoms with Crippen molar-refractivity contribution in [2.45, 2.75) is 27.0 Å². The van der Waals surface area contributed by atoms with Crippen LogP contribution in [0.4, 0.5) is 8.78 Å². The molecule has 10 heteroatoms. The molecule has 8 nitrogen and oxygen atoms in total. The first kappa shape index (κ1) is 20.1. The van der Waals surface area contributed by atoms with Crippen LogP contribution in [0.3, 0.4) is 0 Å². The van der Waals surface area contributed by atoms with E-state index in [0.717, 1.165) is 10.4 Å². The summed E-state index contributed by atoms with van der Waals surface area (Å²) >= 11 is 0. The number of hydrogen-bond acceptors (Lipinski definition) is 6. The standard InChI is InChI=1S/C19H18F2N6O2/c1-12-8-14(9-13(2)17(12)29-19(20)21)10-22-23-16(28)11-27-25-18(24-26-27)15-6-4-3-5-7-15/h3-10,19H,11H2,1-2H3,(H,23,28)/b22-10-. The lowest BCUT2D eigenvalue weighted by Gasteiger charge is -2.11. The lowest BCUT2D eigenvalue weighted by molar-refractivity contribution is -0.122. The zero-order valence-electron chi connectivity index (χ0n) is 15.7. The predicted octanol–water partition coefficient (Wildman–Crippen LogP) is 2.71. The molecule has 3 aromatic rings. The normalized spacial score (nSPS) is 11.2. The van der Waals surface area contributed by atoms with E-state index in [-0.39, 0.29) is 12.3 Å². The second-order valence-corrected chi connectivity index (χ2v) is 6.16. The van der Waals surface area contributed by atoms with Gasteiger partial charge in [0.2, 0.25) is 5.82 Å². The number of benzene rings is 2. The van der Waals surface area contributed by atoms with E-state index < -0.39 is 12.5 Å². The molecular weight excluding hydrogens is 382 g/mol. The number of carbonyl (C=O) groups is 1. The highest BCUT2D eigenvalue weighted by Gasteiger charge is 2.11. The fraction of sp³-hybridized carbons (Fsp3) is 0.211. The highest BCUT2D eigenvalue weighted by Crippen LogP contribution is 2.25. The molecule has 3 rings (SSSR count). The van der Waals surface area contributed by atoms with Crippen molar-refractivity contribution >= 4 is 12.1 Å². The van der Waals surface area contributed by atoms with Crippen LogP contribution in [0.25, 0.3) is 11.4 Å². The van der Waals surface area contributed by atoms with Crippen LogP contribution in [0.15, 0.2) is 47.6 Å². The molecule has 0 unspecified atom stereocenters. The summed E-state index contributed by atoms with van der Waals surface area (Å²) in [5.41, 5.74) is 4.87. The maximum Gasteiger partial charge on any atom is 0.387 e. The SMILES string of the molecule is Cc1cc(/C=N\NC(=O)Cn2nnc(-c3ccccc3)n2)cc(C)c1OC(F)F. The topological polar surface area (TPSA) is 94.3 Å². The van der Waals surface area contributed by atoms with Gasteiger partial charge in [-0.1, -0.05) is 30.3 Å². The zero-order chi connectivity index (χ0) is 20.8. The van der Waals surface area contributed by atoms with E-state index in [1.807, 2.05) is 30.3 Å². The Bertz CT molecular complexity index is 998. The number of nitrogens with zero attached hydrogens (tertiary/aromatic N) is 5. The first-order chi connectivity index (χ1) is 13.9. The van der Waals surface area contributed by atoms with Crippen molar-refractivity contribution in [3.63, 3.8) is 0 Å². The number of amides is 1. The number of hydrogen-bond donors (Lipinski definition) is 1. The van der Waals surface area contributed by atoms with Crippen LogP contribution < -0.4 is 10.2 Å². The van der Waals surface area contributed by atoms with Crippen molar-refractivity contribution in [2.24, 2.45) is 5.10 Å². The number of aromatic nitrogens is 4. The van der Waals surface area contributed by atoms with Crippen molar-refractivity contribution in [2.75, 3.05) is 0 Å². The predicted molar refractivity (Wildman–Crippen MR) is 102 cm³/mol. The Labute approximate surface area is 165 Å². The molecule has 0 aliphatic carbocycles. The maximum absolute atomic E-state index is 12.4. The van der Waals surface area contributed by atoms with Crippen LogP contribution in [0.2, 0.25) is 0 Å². The van der Waals surface area contributed by atoms with E-state index in [1.165, 1.54) is 6.21 Å². The highest BCUT2D eigenvalue weighted by atomic mass is 19.3. The molecule has 1 heterocycles. The molecule has 1 N–H and O–H groups in total. The van der Waals surface area contributed by atoms with Crippen molar-refractivity contribution in [3.05, 3.63) is 59.2 Å². The minimum Gasteiger partial charge on any atom is -0.434 e. The number of tetrazole rings is 1. The number of alkyl halides is 2. The molecular formula is C19H18F2N6O2. The first-order valence-corrected chi connectivity index (χ1v) is 8.63.